The van der Waals surface area contributed by atoms with Crippen molar-refractivity contribution in [2.75, 3.05) is 0 Å². The van der Waals surface area contributed by atoms with Crippen LogP contribution in [0.2, 0.25) is 0 Å². The number of rotatable bonds is 3. The van der Waals surface area contributed by atoms with E-state index in [2.05, 4.69) is 21.0 Å². The van der Waals surface area contributed by atoms with E-state index in [1.807, 2.05) is 0 Å². The van der Waals surface area contributed by atoms with Crippen LogP contribution in [0.15, 0.2) is 38.7 Å². The molecule has 0 unspecified atom stereocenters. The standard InChI is InChI=1S/C12H8BrF3N2O2S/c1-18-10(21-7-4-2-6(13)3-5-7)8(11(19)20)9(17-18)12(14,15)16/h2-5H,1H3,(H,19,20). The average molecular weight is 381 g/mol. The molecule has 0 bridgehead atoms. The van der Waals surface area contributed by atoms with Gasteiger partial charge in [0.05, 0.1) is 0 Å². The minimum atomic E-state index is -4.82. The van der Waals surface area contributed by atoms with E-state index in [4.69, 9.17) is 5.11 Å². The Morgan fingerprint density at radius 3 is 2.38 bits per heavy atom. The van der Waals surface area contributed by atoms with Crippen LogP contribution in [0.3, 0.4) is 0 Å². The molecular formula is C12H8BrF3N2O2S. The second-order valence-electron chi connectivity index (χ2n) is 4.01. The first-order valence-electron chi connectivity index (χ1n) is 5.51. The molecule has 9 heteroatoms. The molecule has 1 aromatic heterocycles. The lowest BCUT2D eigenvalue weighted by Crippen LogP contribution is -2.12. The fraction of sp³-hybridized carbons (Fsp3) is 0.167. The van der Waals surface area contributed by atoms with Crippen molar-refractivity contribution in [2.24, 2.45) is 7.05 Å². The van der Waals surface area contributed by atoms with Crippen molar-refractivity contribution in [1.82, 2.24) is 9.78 Å². The van der Waals surface area contributed by atoms with Crippen LogP contribution in [0.1, 0.15) is 16.1 Å². The van der Waals surface area contributed by atoms with Crippen molar-refractivity contribution in [1.29, 1.82) is 0 Å². The topological polar surface area (TPSA) is 55.1 Å². The van der Waals surface area contributed by atoms with E-state index in [1.165, 1.54) is 7.05 Å². The minimum absolute atomic E-state index is 0.0721. The van der Waals surface area contributed by atoms with Crippen LogP contribution >= 0.6 is 27.7 Å². The Morgan fingerprint density at radius 2 is 1.90 bits per heavy atom. The molecule has 0 aliphatic rings. The van der Waals surface area contributed by atoms with Gasteiger partial charge in [-0.25, -0.2) is 4.79 Å². The largest absolute Gasteiger partial charge is 0.478 e. The summed E-state index contributed by atoms with van der Waals surface area (Å²) in [4.78, 5) is 11.8. The van der Waals surface area contributed by atoms with E-state index in [0.717, 1.165) is 20.9 Å². The van der Waals surface area contributed by atoms with Crippen LogP contribution in [-0.4, -0.2) is 20.9 Å². The number of halogens is 4. The fourth-order valence-electron chi connectivity index (χ4n) is 1.63. The molecule has 112 valence electrons. The second kappa shape index (κ2) is 5.72. The molecule has 1 heterocycles. The molecule has 2 rings (SSSR count). The molecule has 0 radical (unpaired) electrons. The smallest absolute Gasteiger partial charge is 0.436 e. The maximum atomic E-state index is 12.8. The van der Waals surface area contributed by atoms with Gasteiger partial charge < -0.3 is 5.11 Å². The van der Waals surface area contributed by atoms with Gasteiger partial charge in [0, 0.05) is 16.4 Å². The molecule has 0 spiro atoms. The van der Waals surface area contributed by atoms with Crippen molar-refractivity contribution in [3.05, 3.63) is 40.0 Å². The van der Waals surface area contributed by atoms with Crippen molar-refractivity contribution >= 4 is 33.7 Å². The molecule has 0 saturated heterocycles. The van der Waals surface area contributed by atoms with Crippen LogP contribution in [0.5, 0.6) is 0 Å². The Labute approximate surface area is 130 Å². The van der Waals surface area contributed by atoms with Crippen molar-refractivity contribution in [3.63, 3.8) is 0 Å². The molecular weight excluding hydrogens is 373 g/mol. The summed E-state index contributed by atoms with van der Waals surface area (Å²) in [5.41, 5.74) is -2.23. The zero-order chi connectivity index (χ0) is 15.8. The molecule has 4 nitrogen and oxygen atoms in total. The van der Waals surface area contributed by atoms with Crippen LogP contribution in [-0.2, 0) is 13.2 Å². The number of nitrogens with zero attached hydrogens (tertiary/aromatic N) is 2. The number of carbonyl (C=O) groups is 1. The lowest BCUT2D eigenvalue weighted by molar-refractivity contribution is -0.141. The predicted octanol–water partition coefficient (Wildman–Crippen LogP) is 4.05. The van der Waals surface area contributed by atoms with Gasteiger partial charge in [-0.1, -0.05) is 27.7 Å². The zero-order valence-corrected chi connectivity index (χ0v) is 12.9. The first-order chi connectivity index (χ1) is 9.70. The maximum absolute atomic E-state index is 12.8. The number of aromatic nitrogens is 2. The third-order valence-electron chi connectivity index (χ3n) is 2.51. The van der Waals surface area contributed by atoms with Crippen LogP contribution in [0, 0.1) is 0 Å². The van der Waals surface area contributed by atoms with E-state index in [0.29, 0.717) is 4.90 Å². The molecule has 0 atom stereocenters. The number of aromatic carboxylic acids is 1. The summed E-state index contributed by atoms with van der Waals surface area (Å²) in [5, 5.41) is 12.3. The highest BCUT2D eigenvalue weighted by atomic mass is 79.9. The Hall–Kier alpha value is -1.48. The minimum Gasteiger partial charge on any atom is -0.478 e. The average Bonchev–Trinajstić information content (AvgIpc) is 2.70. The first kappa shape index (κ1) is 15.9. The van der Waals surface area contributed by atoms with Gasteiger partial charge in [-0.3, -0.25) is 4.68 Å². The van der Waals surface area contributed by atoms with E-state index >= 15 is 0 Å². The normalized spacial score (nSPS) is 11.7. The van der Waals surface area contributed by atoms with E-state index in [-0.39, 0.29) is 5.03 Å². The molecule has 0 aliphatic heterocycles. The van der Waals surface area contributed by atoms with Crippen molar-refractivity contribution < 1.29 is 23.1 Å². The number of alkyl halides is 3. The monoisotopic (exact) mass is 380 g/mol. The lowest BCUT2D eigenvalue weighted by Gasteiger charge is -2.05. The van der Waals surface area contributed by atoms with Gasteiger partial charge in [0.15, 0.2) is 5.69 Å². The summed E-state index contributed by atoms with van der Waals surface area (Å²) in [6.45, 7) is 0. The number of hydrogen-bond donors (Lipinski definition) is 1. The van der Waals surface area contributed by atoms with Gasteiger partial charge in [0.1, 0.15) is 10.6 Å². The van der Waals surface area contributed by atoms with Crippen molar-refractivity contribution in [2.45, 2.75) is 16.1 Å². The van der Waals surface area contributed by atoms with Gasteiger partial charge >= 0.3 is 12.1 Å². The highest BCUT2D eigenvalue weighted by Crippen LogP contribution is 2.38. The lowest BCUT2D eigenvalue weighted by atomic mass is 10.2. The van der Waals surface area contributed by atoms with Gasteiger partial charge in [-0.2, -0.15) is 18.3 Å². The Morgan fingerprint density at radius 1 is 1.33 bits per heavy atom. The Bertz CT molecular complexity index is 683. The number of carboxylic acid groups (broad SMARTS) is 1. The van der Waals surface area contributed by atoms with Gasteiger partial charge in [-0.05, 0) is 24.3 Å². The molecule has 0 amide bonds. The summed E-state index contributed by atoms with van der Waals surface area (Å²) >= 11 is 4.16. The number of aryl methyl sites for hydroxylation is 1. The molecule has 0 aliphatic carbocycles. The molecule has 2 aromatic rings. The highest BCUT2D eigenvalue weighted by molar-refractivity contribution is 9.10. The summed E-state index contributed by atoms with van der Waals surface area (Å²) < 4.78 is 40.3. The molecule has 1 aromatic carbocycles. The van der Waals surface area contributed by atoms with Crippen LogP contribution in [0.4, 0.5) is 13.2 Å². The third kappa shape index (κ3) is 3.41. The van der Waals surface area contributed by atoms with Crippen molar-refractivity contribution in [3.8, 4) is 0 Å². The van der Waals surface area contributed by atoms with Crippen LogP contribution in [0.25, 0.3) is 0 Å². The summed E-state index contributed by atoms with van der Waals surface area (Å²) in [7, 11) is 1.28. The van der Waals surface area contributed by atoms with Gasteiger partial charge in [0.25, 0.3) is 0 Å². The molecule has 1 N–H and O–H groups in total. The number of benzene rings is 1. The predicted molar refractivity (Wildman–Crippen MR) is 73.4 cm³/mol. The molecule has 21 heavy (non-hydrogen) atoms. The van der Waals surface area contributed by atoms with Gasteiger partial charge in [-0.15, -0.1) is 0 Å². The summed E-state index contributed by atoms with van der Waals surface area (Å²) in [5.74, 6) is -1.66. The SMILES string of the molecule is Cn1nc(C(F)(F)F)c(C(=O)O)c1Sc1ccc(Br)cc1. The Kier molecular flexibility index (Phi) is 4.33. The quantitative estimate of drug-likeness (QED) is 0.872. The van der Waals surface area contributed by atoms with E-state index in [9.17, 15) is 18.0 Å². The first-order valence-corrected chi connectivity index (χ1v) is 7.12. The van der Waals surface area contributed by atoms with Gasteiger partial charge in [0.2, 0.25) is 0 Å². The molecule has 0 fully saturated rings. The third-order valence-corrected chi connectivity index (χ3v) is 4.20. The number of hydrogen-bond acceptors (Lipinski definition) is 3. The van der Waals surface area contributed by atoms with E-state index in [1.54, 1.807) is 24.3 Å². The fourth-order valence-corrected chi connectivity index (χ4v) is 2.85. The number of carboxylic acids is 1. The molecule has 0 saturated carbocycles. The van der Waals surface area contributed by atoms with E-state index < -0.39 is 23.4 Å². The highest BCUT2D eigenvalue weighted by Gasteiger charge is 2.41. The second-order valence-corrected chi connectivity index (χ2v) is 5.99. The summed E-state index contributed by atoms with van der Waals surface area (Å²) in [6.07, 6.45) is -4.82. The zero-order valence-electron chi connectivity index (χ0n) is 10.5. The Balaban J connectivity index is 2.50. The maximum Gasteiger partial charge on any atom is 0.436 e. The van der Waals surface area contributed by atoms with Crippen LogP contribution < -0.4 is 0 Å². The summed E-state index contributed by atoms with van der Waals surface area (Å²) in [6, 6.07) is 6.76.